The second kappa shape index (κ2) is 6.60. The van der Waals surface area contributed by atoms with E-state index in [1.807, 2.05) is 30.3 Å². The molecule has 0 spiro atoms. The van der Waals surface area contributed by atoms with Gasteiger partial charge >= 0.3 is 5.97 Å². The van der Waals surface area contributed by atoms with Gasteiger partial charge in [0.05, 0.1) is 23.4 Å². The molecule has 0 unspecified atom stereocenters. The second-order valence-corrected chi connectivity index (χ2v) is 5.34. The smallest absolute Gasteiger partial charge is 0.343 e. The third-order valence-corrected chi connectivity index (χ3v) is 3.80. The first-order valence-corrected chi connectivity index (χ1v) is 7.39. The van der Waals surface area contributed by atoms with Crippen molar-refractivity contribution in [1.29, 1.82) is 0 Å². The van der Waals surface area contributed by atoms with Gasteiger partial charge in [0.2, 0.25) is 0 Å². The Labute approximate surface area is 138 Å². The summed E-state index contributed by atoms with van der Waals surface area (Å²) < 4.78 is 5.40. The maximum absolute atomic E-state index is 12.4. The van der Waals surface area contributed by atoms with Crippen molar-refractivity contribution < 1.29 is 19.4 Å². The minimum atomic E-state index is -0.580. The van der Waals surface area contributed by atoms with Crippen LogP contribution in [0.1, 0.15) is 32.0 Å². The molecule has 0 radical (unpaired) electrons. The van der Waals surface area contributed by atoms with Crippen LogP contribution in [0.15, 0.2) is 48.7 Å². The van der Waals surface area contributed by atoms with Crippen LogP contribution in [0.4, 0.5) is 0 Å². The van der Waals surface area contributed by atoms with Crippen LogP contribution in [-0.4, -0.2) is 22.3 Å². The molecule has 0 aliphatic rings. The zero-order valence-corrected chi connectivity index (χ0v) is 13.0. The maximum atomic E-state index is 12.4. The molecule has 5 heteroatoms. The van der Waals surface area contributed by atoms with Gasteiger partial charge in [-0.15, -0.1) is 0 Å². The predicted molar refractivity (Wildman–Crippen MR) is 89.2 cm³/mol. The second-order valence-electron chi connectivity index (χ2n) is 5.34. The standard InChI is InChI=1S/C19H15NO4/c1-12-18(17(11-22)16(10-21)9-20-12)24-19(23)15-7-6-13-4-2-3-5-14(13)8-15/h2-9,11,21H,10H2,1H3. The van der Waals surface area contributed by atoms with Crippen LogP contribution < -0.4 is 4.74 Å². The number of aromatic nitrogens is 1. The van der Waals surface area contributed by atoms with E-state index < -0.39 is 5.97 Å². The molecule has 0 amide bonds. The number of rotatable bonds is 4. The fourth-order valence-electron chi connectivity index (χ4n) is 2.50. The monoisotopic (exact) mass is 321 g/mol. The first kappa shape index (κ1) is 15.8. The van der Waals surface area contributed by atoms with E-state index >= 15 is 0 Å². The van der Waals surface area contributed by atoms with E-state index in [0.29, 0.717) is 23.1 Å². The number of benzene rings is 2. The molecule has 3 aromatic rings. The fraction of sp³-hybridized carbons (Fsp3) is 0.105. The molecule has 1 aromatic heterocycles. The molecule has 0 saturated heterocycles. The number of aliphatic hydroxyl groups excluding tert-OH is 1. The average molecular weight is 321 g/mol. The molecular formula is C19H15NO4. The van der Waals surface area contributed by atoms with Gasteiger partial charge in [-0.25, -0.2) is 4.79 Å². The summed E-state index contributed by atoms with van der Waals surface area (Å²) >= 11 is 0. The van der Waals surface area contributed by atoms with Crippen molar-refractivity contribution in [1.82, 2.24) is 4.98 Å². The molecule has 120 valence electrons. The molecule has 0 atom stereocenters. The van der Waals surface area contributed by atoms with Crippen molar-refractivity contribution in [3.63, 3.8) is 0 Å². The maximum Gasteiger partial charge on any atom is 0.343 e. The Hall–Kier alpha value is -3.05. The first-order chi connectivity index (χ1) is 11.6. The van der Waals surface area contributed by atoms with Crippen molar-refractivity contribution in [3.05, 3.63) is 71.0 Å². The number of pyridine rings is 1. The van der Waals surface area contributed by atoms with Crippen LogP contribution in [0.25, 0.3) is 10.8 Å². The molecule has 0 saturated carbocycles. The zero-order chi connectivity index (χ0) is 17.1. The summed E-state index contributed by atoms with van der Waals surface area (Å²) in [6.07, 6.45) is 1.95. The zero-order valence-electron chi connectivity index (χ0n) is 13.0. The van der Waals surface area contributed by atoms with Gasteiger partial charge in [-0.3, -0.25) is 9.78 Å². The highest BCUT2D eigenvalue weighted by Gasteiger charge is 2.18. The highest BCUT2D eigenvalue weighted by atomic mass is 16.5. The number of aryl methyl sites for hydroxylation is 1. The molecule has 0 aliphatic carbocycles. The van der Waals surface area contributed by atoms with E-state index in [0.717, 1.165) is 10.8 Å². The molecule has 5 nitrogen and oxygen atoms in total. The lowest BCUT2D eigenvalue weighted by atomic mass is 10.1. The van der Waals surface area contributed by atoms with Crippen LogP contribution in [0.5, 0.6) is 5.75 Å². The third kappa shape index (κ3) is 2.89. The van der Waals surface area contributed by atoms with E-state index in [2.05, 4.69) is 4.98 Å². The number of carbonyl (C=O) groups excluding carboxylic acids is 2. The van der Waals surface area contributed by atoms with Gasteiger partial charge in [0.15, 0.2) is 12.0 Å². The molecule has 0 bridgehead atoms. The lowest BCUT2D eigenvalue weighted by Gasteiger charge is -2.12. The van der Waals surface area contributed by atoms with Crippen LogP contribution in [0.3, 0.4) is 0 Å². The summed E-state index contributed by atoms with van der Waals surface area (Å²) in [7, 11) is 0. The predicted octanol–water partition coefficient (Wildman–Crippen LogP) is 3.07. The fourth-order valence-corrected chi connectivity index (χ4v) is 2.50. The number of ether oxygens (including phenoxy) is 1. The highest BCUT2D eigenvalue weighted by molar-refractivity contribution is 5.97. The lowest BCUT2D eigenvalue weighted by Crippen LogP contribution is -2.12. The molecule has 3 rings (SSSR count). The topological polar surface area (TPSA) is 76.5 Å². The number of esters is 1. The summed E-state index contributed by atoms with van der Waals surface area (Å²) in [6, 6.07) is 12.9. The number of aliphatic hydroxyl groups is 1. The van der Waals surface area contributed by atoms with Crippen molar-refractivity contribution in [3.8, 4) is 5.75 Å². The van der Waals surface area contributed by atoms with Crippen LogP contribution in [0, 0.1) is 6.92 Å². The minimum absolute atomic E-state index is 0.0784. The number of fused-ring (bicyclic) bond motifs is 1. The van der Waals surface area contributed by atoms with E-state index in [4.69, 9.17) is 4.74 Å². The molecule has 2 aromatic carbocycles. The van der Waals surface area contributed by atoms with Gasteiger partial charge in [-0.1, -0.05) is 30.3 Å². The van der Waals surface area contributed by atoms with Gasteiger partial charge in [0.25, 0.3) is 0 Å². The van der Waals surface area contributed by atoms with E-state index in [9.17, 15) is 14.7 Å². The highest BCUT2D eigenvalue weighted by Crippen LogP contribution is 2.25. The largest absolute Gasteiger partial charge is 0.420 e. The van der Waals surface area contributed by atoms with E-state index in [1.165, 1.54) is 6.20 Å². The van der Waals surface area contributed by atoms with Crippen molar-refractivity contribution in [2.24, 2.45) is 0 Å². The quantitative estimate of drug-likeness (QED) is 0.590. The molecule has 24 heavy (non-hydrogen) atoms. The Kier molecular flexibility index (Phi) is 4.35. The Bertz CT molecular complexity index is 934. The third-order valence-electron chi connectivity index (χ3n) is 3.80. The number of aldehydes is 1. The summed E-state index contributed by atoms with van der Waals surface area (Å²) in [5.74, 6) is -0.501. The first-order valence-electron chi connectivity index (χ1n) is 7.39. The Morgan fingerprint density at radius 3 is 2.67 bits per heavy atom. The normalized spacial score (nSPS) is 10.6. The van der Waals surface area contributed by atoms with Crippen LogP contribution >= 0.6 is 0 Å². The van der Waals surface area contributed by atoms with E-state index in [-0.39, 0.29) is 17.9 Å². The van der Waals surface area contributed by atoms with Gasteiger partial charge in [-0.2, -0.15) is 0 Å². The summed E-state index contributed by atoms with van der Waals surface area (Å²) in [5.41, 5.74) is 1.24. The van der Waals surface area contributed by atoms with Crippen LogP contribution in [-0.2, 0) is 6.61 Å². The molecular weight excluding hydrogens is 306 g/mol. The van der Waals surface area contributed by atoms with Crippen LogP contribution in [0.2, 0.25) is 0 Å². The minimum Gasteiger partial charge on any atom is -0.420 e. The Balaban J connectivity index is 1.98. The molecule has 0 fully saturated rings. The Morgan fingerprint density at radius 2 is 1.96 bits per heavy atom. The molecule has 1 N–H and O–H groups in total. The Morgan fingerprint density at radius 1 is 1.21 bits per heavy atom. The number of carbonyl (C=O) groups is 2. The average Bonchev–Trinajstić information content (AvgIpc) is 2.62. The lowest BCUT2D eigenvalue weighted by molar-refractivity contribution is 0.0731. The number of hydrogen-bond acceptors (Lipinski definition) is 5. The summed E-state index contributed by atoms with van der Waals surface area (Å²) in [5, 5.41) is 11.2. The van der Waals surface area contributed by atoms with Gasteiger partial charge in [0, 0.05) is 11.8 Å². The van der Waals surface area contributed by atoms with Crippen molar-refractivity contribution >= 4 is 23.0 Å². The number of nitrogens with zero attached hydrogens (tertiary/aromatic N) is 1. The van der Waals surface area contributed by atoms with Crippen molar-refractivity contribution in [2.75, 3.05) is 0 Å². The van der Waals surface area contributed by atoms with E-state index in [1.54, 1.807) is 19.1 Å². The van der Waals surface area contributed by atoms with Gasteiger partial charge in [-0.05, 0) is 29.8 Å². The summed E-state index contributed by atoms with van der Waals surface area (Å²) in [4.78, 5) is 27.8. The van der Waals surface area contributed by atoms with Gasteiger partial charge < -0.3 is 9.84 Å². The molecule has 0 aliphatic heterocycles. The number of hydrogen-bond donors (Lipinski definition) is 1. The summed E-state index contributed by atoms with van der Waals surface area (Å²) in [6.45, 7) is 1.28. The molecule has 1 heterocycles. The van der Waals surface area contributed by atoms with Crippen molar-refractivity contribution in [2.45, 2.75) is 13.5 Å². The van der Waals surface area contributed by atoms with Gasteiger partial charge in [0.1, 0.15) is 0 Å². The SMILES string of the molecule is Cc1ncc(CO)c(C=O)c1OC(=O)c1ccc2ccccc2c1.